The second-order valence-electron chi connectivity index (χ2n) is 8.32. The number of aliphatic hydroxyl groups excluding tert-OH is 4. The third-order valence-corrected chi connectivity index (χ3v) is 6.25. The van der Waals surface area contributed by atoms with E-state index in [4.69, 9.17) is 10.5 Å². The van der Waals surface area contributed by atoms with Crippen LogP contribution in [0, 0.1) is 23.6 Å². The summed E-state index contributed by atoms with van der Waals surface area (Å²) in [7, 11) is 0. The van der Waals surface area contributed by atoms with Gasteiger partial charge in [-0.1, -0.05) is 6.07 Å². The van der Waals surface area contributed by atoms with Crippen LogP contribution in [0.5, 0.6) is 5.75 Å². The molecule has 1 amide bonds. The quantitative estimate of drug-likeness (QED) is 0.309. The summed E-state index contributed by atoms with van der Waals surface area (Å²) < 4.78 is 20.2. The van der Waals surface area contributed by atoms with Crippen LogP contribution in [0.15, 0.2) is 30.5 Å². The third kappa shape index (κ3) is 4.69. The molecule has 2 aromatic rings. The summed E-state index contributed by atoms with van der Waals surface area (Å²) in [6.45, 7) is -0.903. The number of anilines is 3. The minimum atomic E-state index is -1.42. The number of nitrogens with zero attached hydrogens (tertiary/aromatic N) is 2. The fourth-order valence-corrected chi connectivity index (χ4v) is 4.65. The van der Waals surface area contributed by atoms with Gasteiger partial charge in [0.15, 0.2) is 11.6 Å². The van der Waals surface area contributed by atoms with Gasteiger partial charge in [-0.2, -0.15) is 4.98 Å². The van der Waals surface area contributed by atoms with E-state index in [2.05, 4.69) is 20.6 Å². The molecule has 178 valence electrons. The summed E-state index contributed by atoms with van der Waals surface area (Å²) in [5, 5.41) is 47.1. The van der Waals surface area contributed by atoms with E-state index in [1.54, 1.807) is 24.3 Å². The number of hydrogen-bond donors (Lipinski definition) is 7. The summed E-state index contributed by atoms with van der Waals surface area (Å²) in [5.41, 5.74) is 6.15. The normalized spacial score (nSPS) is 30.1. The Bertz CT molecular complexity index is 1010. The molecule has 1 aromatic heterocycles. The smallest absolute Gasteiger partial charge is 0.229 e. The van der Waals surface area contributed by atoms with Crippen molar-refractivity contribution in [1.29, 1.82) is 0 Å². The average molecular weight is 463 g/mol. The largest absolute Gasteiger partial charge is 0.491 e. The molecule has 7 atom stereocenters. The minimum absolute atomic E-state index is 0.0263. The van der Waals surface area contributed by atoms with E-state index < -0.39 is 60.4 Å². The lowest BCUT2D eigenvalue weighted by Gasteiger charge is -2.31. The fraction of sp³-hybridized carbons (Fsp3) is 0.476. The number of primary amides is 1. The van der Waals surface area contributed by atoms with E-state index in [9.17, 15) is 29.6 Å². The van der Waals surface area contributed by atoms with Gasteiger partial charge in [-0.05, 0) is 18.6 Å². The predicted molar refractivity (Wildman–Crippen MR) is 114 cm³/mol. The SMILES string of the molecule is NC(=O)[C@H]1C(C(O)CO)CC2C(O)[C@H](O)COc3cccc(c3)Nc3ncc(F)c(n3)N[C@H]21. The summed E-state index contributed by atoms with van der Waals surface area (Å²) in [6, 6.07) is 5.68. The molecule has 0 radical (unpaired) electrons. The van der Waals surface area contributed by atoms with Crippen LogP contribution >= 0.6 is 0 Å². The predicted octanol–water partition coefficient (Wildman–Crippen LogP) is -0.655. The Morgan fingerprint density at radius 1 is 1.36 bits per heavy atom. The van der Waals surface area contributed by atoms with Gasteiger partial charge in [0.05, 0.1) is 30.9 Å². The Balaban J connectivity index is 1.78. The van der Waals surface area contributed by atoms with Crippen LogP contribution < -0.4 is 21.1 Å². The number of carbonyl (C=O) groups is 1. The number of halogens is 1. The topological polar surface area (TPSA) is 183 Å². The van der Waals surface area contributed by atoms with Crippen molar-refractivity contribution in [2.75, 3.05) is 23.8 Å². The fourth-order valence-electron chi connectivity index (χ4n) is 4.65. The molecule has 0 saturated heterocycles. The molecule has 8 N–H and O–H groups in total. The number of nitrogens with one attached hydrogen (secondary N) is 2. The highest BCUT2D eigenvalue weighted by molar-refractivity contribution is 5.79. The number of ether oxygens (including phenoxy) is 1. The molecule has 4 bridgehead atoms. The molecule has 4 rings (SSSR count). The molecule has 0 spiro atoms. The summed E-state index contributed by atoms with van der Waals surface area (Å²) in [6.07, 6.45) is -3.14. The highest BCUT2D eigenvalue weighted by Crippen LogP contribution is 2.43. The molecular weight excluding hydrogens is 437 g/mol. The van der Waals surface area contributed by atoms with Gasteiger partial charge < -0.3 is 41.5 Å². The van der Waals surface area contributed by atoms with Gasteiger partial charge in [0.25, 0.3) is 0 Å². The van der Waals surface area contributed by atoms with Crippen molar-refractivity contribution in [3.63, 3.8) is 0 Å². The standard InChI is InChI=1S/C21H26FN5O6/c22-13-6-24-21-25-9-2-1-3-10(4-9)33-8-15(30)18(31)12-5-11(14(29)7-28)16(19(23)32)17(12)26-20(13)27-21/h1-4,6,11-12,14-18,28-31H,5,7-8H2,(H2,23,32)(H2,24,25,26,27)/t11?,12?,14?,15-,16+,17-,18?/m1/s1. The number of benzene rings is 1. The van der Waals surface area contributed by atoms with Crippen LogP contribution in [-0.2, 0) is 4.79 Å². The number of fused-ring (bicyclic) bond motifs is 5. The molecular formula is C21H26FN5O6. The first kappa shape index (κ1) is 23.1. The molecule has 1 fully saturated rings. The van der Waals surface area contributed by atoms with Crippen LogP contribution in [0.1, 0.15) is 6.42 Å². The molecule has 2 aliphatic rings. The maximum Gasteiger partial charge on any atom is 0.229 e. The Morgan fingerprint density at radius 2 is 2.15 bits per heavy atom. The van der Waals surface area contributed by atoms with Crippen molar-refractivity contribution in [1.82, 2.24) is 9.97 Å². The lowest BCUT2D eigenvalue weighted by molar-refractivity contribution is -0.125. The zero-order chi connectivity index (χ0) is 23.7. The number of nitrogens with two attached hydrogens (primary N) is 1. The molecule has 1 aromatic carbocycles. The Kier molecular flexibility index (Phi) is 6.61. The van der Waals surface area contributed by atoms with Gasteiger partial charge in [0.1, 0.15) is 18.5 Å². The second-order valence-corrected chi connectivity index (χ2v) is 8.32. The first-order chi connectivity index (χ1) is 15.8. The van der Waals surface area contributed by atoms with Crippen molar-refractivity contribution in [3.8, 4) is 5.75 Å². The lowest BCUT2D eigenvalue weighted by Crippen LogP contribution is -2.47. The highest BCUT2D eigenvalue weighted by Gasteiger charge is 2.52. The zero-order valence-corrected chi connectivity index (χ0v) is 17.5. The highest BCUT2D eigenvalue weighted by atomic mass is 19.1. The average Bonchev–Trinajstić information content (AvgIpc) is 3.17. The van der Waals surface area contributed by atoms with Crippen LogP contribution in [0.25, 0.3) is 0 Å². The number of rotatable bonds is 3. The first-order valence-electron chi connectivity index (χ1n) is 10.5. The first-order valence-corrected chi connectivity index (χ1v) is 10.5. The van der Waals surface area contributed by atoms with Crippen molar-refractivity contribution >= 4 is 23.4 Å². The van der Waals surface area contributed by atoms with Gasteiger partial charge in [-0.15, -0.1) is 0 Å². The summed E-state index contributed by atoms with van der Waals surface area (Å²) >= 11 is 0. The number of carbonyl (C=O) groups excluding carboxylic acids is 1. The molecule has 33 heavy (non-hydrogen) atoms. The minimum Gasteiger partial charge on any atom is -0.491 e. The Labute approximate surface area is 188 Å². The van der Waals surface area contributed by atoms with E-state index in [1.807, 2.05) is 0 Å². The maximum atomic E-state index is 14.6. The van der Waals surface area contributed by atoms with E-state index in [1.165, 1.54) is 0 Å². The van der Waals surface area contributed by atoms with Crippen LogP contribution in [-0.4, -0.2) is 73.9 Å². The second kappa shape index (κ2) is 9.43. The monoisotopic (exact) mass is 463 g/mol. The molecule has 1 saturated carbocycles. The molecule has 2 heterocycles. The molecule has 1 aliphatic carbocycles. The van der Waals surface area contributed by atoms with Crippen LogP contribution in [0.2, 0.25) is 0 Å². The maximum absolute atomic E-state index is 14.6. The number of aliphatic hydroxyl groups is 4. The van der Waals surface area contributed by atoms with Crippen molar-refractivity contribution < 1.29 is 34.3 Å². The molecule has 1 aliphatic heterocycles. The summed E-state index contributed by atoms with van der Waals surface area (Å²) in [4.78, 5) is 20.4. The van der Waals surface area contributed by atoms with Crippen molar-refractivity contribution in [2.45, 2.75) is 30.8 Å². The van der Waals surface area contributed by atoms with E-state index >= 15 is 0 Å². The van der Waals surface area contributed by atoms with Crippen molar-refractivity contribution in [2.24, 2.45) is 23.5 Å². The third-order valence-electron chi connectivity index (χ3n) is 6.25. The van der Waals surface area contributed by atoms with E-state index in [-0.39, 0.29) is 24.8 Å². The number of amides is 1. The van der Waals surface area contributed by atoms with Crippen LogP contribution in [0.4, 0.5) is 21.8 Å². The van der Waals surface area contributed by atoms with Gasteiger partial charge >= 0.3 is 0 Å². The van der Waals surface area contributed by atoms with Crippen molar-refractivity contribution in [3.05, 3.63) is 36.3 Å². The van der Waals surface area contributed by atoms with Gasteiger partial charge in [-0.3, -0.25) is 4.79 Å². The number of aromatic nitrogens is 2. The van der Waals surface area contributed by atoms with Gasteiger partial charge in [-0.25, -0.2) is 9.37 Å². The molecule has 4 unspecified atom stereocenters. The van der Waals surface area contributed by atoms with E-state index in [0.29, 0.717) is 11.4 Å². The number of hydrogen-bond acceptors (Lipinski definition) is 10. The Morgan fingerprint density at radius 3 is 2.88 bits per heavy atom. The van der Waals surface area contributed by atoms with Gasteiger partial charge in [0.2, 0.25) is 11.9 Å². The van der Waals surface area contributed by atoms with Gasteiger partial charge in [0, 0.05) is 29.6 Å². The molecule has 11 nitrogen and oxygen atoms in total. The zero-order valence-electron chi connectivity index (χ0n) is 17.5. The Hall–Kier alpha value is -3.06. The summed E-state index contributed by atoms with van der Waals surface area (Å²) in [5.74, 6) is -4.20. The van der Waals surface area contributed by atoms with E-state index in [0.717, 1.165) is 6.20 Å². The molecule has 12 heteroatoms. The van der Waals surface area contributed by atoms with Crippen LogP contribution in [0.3, 0.4) is 0 Å². The lowest BCUT2D eigenvalue weighted by atomic mass is 9.87.